The van der Waals surface area contributed by atoms with Crippen molar-refractivity contribution in [2.75, 3.05) is 13.7 Å². The third-order valence-electron chi connectivity index (χ3n) is 3.61. The smallest absolute Gasteiger partial charge is 0.127 e. The van der Waals surface area contributed by atoms with Gasteiger partial charge in [0.05, 0.1) is 6.61 Å². The molecule has 1 aliphatic rings. The zero-order valence-corrected chi connectivity index (χ0v) is 11.1. The van der Waals surface area contributed by atoms with Crippen molar-refractivity contribution in [3.05, 3.63) is 59.4 Å². The van der Waals surface area contributed by atoms with Crippen molar-refractivity contribution in [1.82, 2.24) is 10.3 Å². The van der Waals surface area contributed by atoms with Crippen molar-refractivity contribution < 1.29 is 4.74 Å². The minimum Gasteiger partial charge on any atom is -0.493 e. The molecule has 0 radical (unpaired) electrons. The highest BCUT2D eigenvalue weighted by molar-refractivity contribution is 5.46. The lowest BCUT2D eigenvalue weighted by atomic mass is 9.98. The van der Waals surface area contributed by atoms with Gasteiger partial charge < -0.3 is 10.1 Å². The number of aromatic nitrogens is 1. The zero-order valence-electron chi connectivity index (χ0n) is 11.1. The molecule has 0 bridgehead atoms. The topological polar surface area (TPSA) is 34.2 Å². The summed E-state index contributed by atoms with van der Waals surface area (Å²) in [5, 5.41) is 3.38. The quantitative estimate of drug-likeness (QED) is 0.910. The molecule has 1 atom stereocenters. The second kappa shape index (κ2) is 5.41. The number of rotatable bonds is 4. The van der Waals surface area contributed by atoms with E-state index < -0.39 is 0 Å². The summed E-state index contributed by atoms with van der Waals surface area (Å²) in [5.74, 6) is 1.07. The molecule has 98 valence electrons. The monoisotopic (exact) mass is 254 g/mol. The molecule has 0 aliphatic carbocycles. The predicted octanol–water partition coefficient (Wildman–Crippen LogP) is 2.52. The van der Waals surface area contributed by atoms with Crippen LogP contribution in [0.5, 0.6) is 5.75 Å². The maximum atomic E-state index is 5.79. The Morgan fingerprint density at radius 2 is 2.21 bits per heavy atom. The van der Waals surface area contributed by atoms with Gasteiger partial charge in [0.25, 0.3) is 0 Å². The fourth-order valence-electron chi connectivity index (χ4n) is 2.61. The number of nitrogens with zero attached hydrogens (tertiary/aromatic N) is 1. The van der Waals surface area contributed by atoms with Gasteiger partial charge in [0, 0.05) is 36.3 Å². The van der Waals surface area contributed by atoms with Gasteiger partial charge in [0.1, 0.15) is 5.75 Å². The van der Waals surface area contributed by atoms with E-state index in [2.05, 4.69) is 34.6 Å². The number of likely N-dealkylation sites (N-methyl/N-ethyl adjacent to an activating group) is 1. The third kappa shape index (κ3) is 2.47. The maximum absolute atomic E-state index is 5.79. The largest absolute Gasteiger partial charge is 0.493 e. The Balaban J connectivity index is 1.89. The van der Waals surface area contributed by atoms with Crippen molar-refractivity contribution in [2.45, 2.75) is 18.9 Å². The molecule has 3 rings (SSSR count). The molecule has 1 unspecified atom stereocenters. The summed E-state index contributed by atoms with van der Waals surface area (Å²) in [7, 11) is 1.99. The second-order valence-electron chi connectivity index (χ2n) is 4.80. The molecule has 1 aromatic heterocycles. The Hall–Kier alpha value is -1.87. The molecule has 19 heavy (non-hydrogen) atoms. The van der Waals surface area contributed by atoms with Crippen LogP contribution in [0.15, 0.2) is 42.6 Å². The van der Waals surface area contributed by atoms with Gasteiger partial charge in [0.15, 0.2) is 0 Å². The van der Waals surface area contributed by atoms with Gasteiger partial charge in [-0.3, -0.25) is 4.98 Å². The summed E-state index contributed by atoms with van der Waals surface area (Å²) in [6.07, 6.45) is 3.73. The van der Waals surface area contributed by atoms with Crippen LogP contribution in [-0.4, -0.2) is 18.6 Å². The number of hydrogen-bond donors (Lipinski definition) is 1. The fourth-order valence-corrected chi connectivity index (χ4v) is 2.61. The molecule has 2 heterocycles. The minimum atomic E-state index is 0.239. The van der Waals surface area contributed by atoms with Gasteiger partial charge in [-0.1, -0.05) is 24.3 Å². The van der Waals surface area contributed by atoms with Crippen molar-refractivity contribution in [3.8, 4) is 5.75 Å². The lowest BCUT2D eigenvalue weighted by molar-refractivity contribution is 0.349. The number of fused-ring (bicyclic) bond motifs is 1. The average molecular weight is 254 g/mol. The van der Waals surface area contributed by atoms with E-state index in [0.29, 0.717) is 0 Å². The van der Waals surface area contributed by atoms with E-state index in [1.165, 1.54) is 11.1 Å². The molecule has 0 fully saturated rings. The van der Waals surface area contributed by atoms with Gasteiger partial charge in [0.2, 0.25) is 0 Å². The van der Waals surface area contributed by atoms with Crippen molar-refractivity contribution in [3.63, 3.8) is 0 Å². The minimum absolute atomic E-state index is 0.239. The molecule has 3 heteroatoms. The molecule has 1 aliphatic heterocycles. The first-order valence-corrected chi connectivity index (χ1v) is 6.70. The summed E-state index contributed by atoms with van der Waals surface area (Å²) < 4.78 is 5.79. The Bertz CT molecular complexity index is 554. The van der Waals surface area contributed by atoms with Crippen LogP contribution in [0.4, 0.5) is 0 Å². The van der Waals surface area contributed by atoms with Crippen molar-refractivity contribution in [2.24, 2.45) is 0 Å². The molecule has 0 saturated carbocycles. The van der Waals surface area contributed by atoms with E-state index in [-0.39, 0.29) is 6.04 Å². The van der Waals surface area contributed by atoms with E-state index in [4.69, 9.17) is 4.74 Å². The third-order valence-corrected chi connectivity index (χ3v) is 3.61. The second-order valence-corrected chi connectivity index (χ2v) is 4.80. The standard InChI is InChI=1S/C16H18N2O/c1-17-15(11-13-6-2-3-9-18-13)14-7-4-5-12-8-10-19-16(12)14/h2-7,9,15,17H,8,10-11H2,1H3. The first-order valence-electron chi connectivity index (χ1n) is 6.70. The Labute approximate surface area is 113 Å². The average Bonchev–Trinajstić information content (AvgIpc) is 2.94. The van der Waals surface area contributed by atoms with Crippen LogP contribution < -0.4 is 10.1 Å². The molecule has 3 nitrogen and oxygen atoms in total. The van der Waals surface area contributed by atoms with Gasteiger partial charge in [-0.25, -0.2) is 0 Å². The van der Waals surface area contributed by atoms with Crippen molar-refractivity contribution >= 4 is 0 Å². The molecule has 0 saturated heterocycles. The van der Waals surface area contributed by atoms with Crippen molar-refractivity contribution in [1.29, 1.82) is 0 Å². The summed E-state index contributed by atoms with van der Waals surface area (Å²) >= 11 is 0. The SMILES string of the molecule is CNC(Cc1ccccn1)c1cccc2c1OCC2. The normalized spacial score (nSPS) is 14.8. The summed E-state index contributed by atoms with van der Waals surface area (Å²) in [4.78, 5) is 4.40. The highest BCUT2D eigenvalue weighted by Gasteiger charge is 2.21. The van der Waals surface area contributed by atoms with E-state index in [1.807, 2.05) is 25.4 Å². The van der Waals surface area contributed by atoms with Crippen LogP contribution in [0.2, 0.25) is 0 Å². The zero-order chi connectivity index (χ0) is 13.1. The highest BCUT2D eigenvalue weighted by atomic mass is 16.5. The Kier molecular flexibility index (Phi) is 3.47. The van der Waals surface area contributed by atoms with E-state index in [1.54, 1.807) is 0 Å². The van der Waals surface area contributed by atoms with E-state index in [9.17, 15) is 0 Å². The lowest BCUT2D eigenvalue weighted by Gasteiger charge is -2.19. The van der Waals surface area contributed by atoms with Gasteiger partial charge in [-0.15, -0.1) is 0 Å². The number of para-hydroxylation sites is 1. The van der Waals surface area contributed by atoms with Gasteiger partial charge in [-0.2, -0.15) is 0 Å². The van der Waals surface area contributed by atoms with Crippen LogP contribution in [-0.2, 0) is 12.8 Å². The first-order chi connectivity index (χ1) is 9.38. The molecule has 1 N–H and O–H groups in total. The molecule has 0 amide bonds. The van der Waals surface area contributed by atoms with Crippen LogP contribution in [0.3, 0.4) is 0 Å². The molecular formula is C16H18N2O. The van der Waals surface area contributed by atoms with E-state index >= 15 is 0 Å². The molecular weight excluding hydrogens is 236 g/mol. The Morgan fingerprint density at radius 3 is 3.00 bits per heavy atom. The summed E-state index contributed by atoms with van der Waals surface area (Å²) in [6, 6.07) is 12.7. The van der Waals surface area contributed by atoms with E-state index in [0.717, 1.165) is 30.9 Å². The number of benzene rings is 1. The summed E-state index contributed by atoms with van der Waals surface area (Å²) in [6.45, 7) is 0.798. The van der Waals surface area contributed by atoms with Crippen LogP contribution >= 0.6 is 0 Å². The van der Waals surface area contributed by atoms with Crippen LogP contribution in [0, 0.1) is 0 Å². The Morgan fingerprint density at radius 1 is 1.26 bits per heavy atom. The number of hydrogen-bond acceptors (Lipinski definition) is 3. The van der Waals surface area contributed by atoms with Crippen LogP contribution in [0.1, 0.15) is 22.9 Å². The fraction of sp³-hybridized carbons (Fsp3) is 0.312. The lowest BCUT2D eigenvalue weighted by Crippen LogP contribution is -2.20. The van der Waals surface area contributed by atoms with Crippen LogP contribution in [0.25, 0.3) is 0 Å². The first kappa shape index (κ1) is 12.2. The predicted molar refractivity (Wildman–Crippen MR) is 75.4 cm³/mol. The molecule has 1 aromatic carbocycles. The highest BCUT2D eigenvalue weighted by Crippen LogP contribution is 2.34. The van der Waals surface area contributed by atoms with Gasteiger partial charge >= 0.3 is 0 Å². The maximum Gasteiger partial charge on any atom is 0.127 e. The molecule has 0 spiro atoms. The number of ether oxygens (including phenoxy) is 1. The molecule has 2 aromatic rings. The number of nitrogens with one attached hydrogen (secondary N) is 1. The summed E-state index contributed by atoms with van der Waals surface area (Å²) in [5.41, 5.74) is 3.65. The van der Waals surface area contributed by atoms with Gasteiger partial charge in [-0.05, 0) is 24.7 Å². The number of pyridine rings is 1.